The number of benzene rings is 3. The zero-order valence-electron chi connectivity index (χ0n) is 28.8. The third kappa shape index (κ3) is 10.0. The number of piperidine rings is 1. The van der Waals surface area contributed by atoms with Crippen molar-refractivity contribution in [1.29, 1.82) is 0 Å². The largest absolute Gasteiger partial charge is 0.444 e. The number of hydrogen-bond acceptors (Lipinski definition) is 8. The summed E-state index contributed by atoms with van der Waals surface area (Å²) in [7, 11) is 0. The van der Waals surface area contributed by atoms with Gasteiger partial charge in [0.05, 0.1) is 28.0 Å². The maximum Gasteiger partial charge on any atom is 0.411 e. The van der Waals surface area contributed by atoms with Crippen LogP contribution in [-0.2, 0) is 33.8 Å². The molecule has 9 nitrogen and oxygen atoms in total. The first-order valence-electron chi connectivity index (χ1n) is 16.9. The van der Waals surface area contributed by atoms with E-state index in [9.17, 15) is 14.4 Å². The Balaban J connectivity index is 1.00. The summed E-state index contributed by atoms with van der Waals surface area (Å²) in [5.41, 5.74) is 4.67. The lowest BCUT2D eigenvalue weighted by Gasteiger charge is -2.36. The number of nitrogens with zero attached hydrogens (tertiary/aromatic N) is 3. The van der Waals surface area contributed by atoms with Gasteiger partial charge in [-0.05, 0) is 74.6 Å². The molecule has 0 saturated carbocycles. The van der Waals surface area contributed by atoms with Crippen LogP contribution in [0.2, 0.25) is 10.0 Å². The first-order chi connectivity index (χ1) is 24.4. The minimum atomic E-state index is -0.728. The van der Waals surface area contributed by atoms with E-state index in [0.29, 0.717) is 28.7 Å². The number of halogens is 2. The van der Waals surface area contributed by atoms with Gasteiger partial charge >= 0.3 is 6.09 Å². The Morgan fingerprint density at radius 3 is 2.49 bits per heavy atom. The highest BCUT2D eigenvalue weighted by molar-refractivity contribution is 8.01. The molecule has 2 N–H and O–H groups in total. The molecule has 51 heavy (non-hydrogen) atoms. The maximum absolute atomic E-state index is 13.7. The molecule has 0 unspecified atom stereocenters. The van der Waals surface area contributed by atoms with Crippen LogP contribution >= 0.6 is 46.3 Å². The summed E-state index contributed by atoms with van der Waals surface area (Å²) in [6.45, 7) is 8.32. The third-order valence-electron chi connectivity index (χ3n) is 8.76. The van der Waals surface area contributed by atoms with Crippen molar-refractivity contribution in [1.82, 2.24) is 20.1 Å². The number of thiazole rings is 1. The standard InChI is InChI=1S/C38H41Cl2N5O4S2/c1-38(2,3)49-37(48)45-21-27-8-5-4-7-25(27)19-33(45)35(47)42-29-10-6-9-26(18-29)32-22-50-36(43-32)51-23-34(46)41-28-13-15-44(16-14-28)20-24-11-12-30(39)31(40)17-24/h4-12,17-18,22,28,33H,13-16,19-21,23H2,1-3H3,(H,41,46)(H,42,47)/t33-/m0/s1. The average molecular weight is 767 g/mol. The monoisotopic (exact) mass is 765 g/mol. The molecule has 1 fully saturated rings. The number of carbonyl (C=O) groups excluding carboxylic acids is 3. The van der Waals surface area contributed by atoms with Crippen molar-refractivity contribution in [3.63, 3.8) is 0 Å². The molecule has 0 aliphatic carbocycles. The van der Waals surface area contributed by atoms with Crippen molar-refractivity contribution in [2.75, 3.05) is 24.2 Å². The Hall–Kier alpha value is -3.61. The highest BCUT2D eigenvalue weighted by atomic mass is 35.5. The Labute approximate surface area is 317 Å². The van der Waals surface area contributed by atoms with Crippen molar-refractivity contribution >= 4 is 69.9 Å². The van der Waals surface area contributed by atoms with E-state index in [-0.39, 0.29) is 23.6 Å². The van der Waals surface area contributed by atoms with Gasteiger partial charge in [-0.2, -0.15) is 0 Å². The molecule has 1 aromatic heterocycles. The summed E-state index contributed by atoms with van der Waals surface area (Å²) >= 11 is 15.1. The fourth-order valence-corrected chi connectivity index (χ4v) is 8.20. The molecule has 4 aromatic rings. The van der Waals surface area contributed by atoms with E-state index in [0.717, 1.165) is 64.8 Å². The molecule has 3 amide bonds. The van der Waals surface area contributed by atoms with Crippen LogP contribution in [0.25, 0.3) is 11.3 Å². The maximum atomic E-state index is 13.7. The van der Waals surface area contributed by atoms with E-state index in [1.807, 2.05) is 92.9 Å². The Bertz CT molecular complexity index is 1890. The van der Waals surface area contributed by atoms with E-state index < -0.39 is 17.7 Å². The van der Waals surface area contributed by atoms with Crippen LogP contribution in [0.1, 0.15) is 50.3 Å². The van der Waals surface area contributed by atoms with Crippen LogP contribution in [-0.4, -0.2) is 69.2 Å². The number of likely N-dealkylation sites (tertiary alicyclic amines) is 1. The SMILES string of the molecule is CC(C)(C)OC(=O)N1Cc2ccccc2C[C@H]1C(=O)Nc1cccc(-c2csc(SCC(=O)NC3CCN(Cc4ccc(Cl)c(Cl)c4)CC3)n2)c1. The van der Waals surface area contributed by atoms with E-state index in [2.05, 4.69) is 15.5 Å². The van der Waals surface area contributed by atoms with Crippen LogP contribution in [0, 0.1) is 0 Å². The molecule has 0 bridgehead atoms. The molecule has 13 heteroatoms. The number of nitrogens with one attached hydrogen (secondary N) is 2. The number of ether oxygens (including phenoxy) is 1. The van der Waals surface area contributed by atoms with Crippen LogP contribution in [0.5, 0.6) is 0 Å². The predicted molar refractivity (Wildman–Crippen MR) is 206 cm³/mol. The van der Waals surface area contributed by atoms with Crippen molar-refractivity contribution in [2.45, 2.75) is 75.1 Å². The van der Waals surface area contributed by atoms with E-state index in [1.165, 1.54) is 28.0 Å². The molecule has 0 spiro atoms. The van der Waals surface area contributed by atoms with E-state index >= 15 is 0 Å². The van der Waals surface area contributed by atoms with Gasteiger partial charge in [0.15, 0.2) is 4.34 Å². The van der Waals surface area contributed by atoms with Crippen molar-refractivity contribution in [3.05, 3.63) is 98.8 Å². The highest BCUT2D eigenvalue weighted by Gasteiger charge is 2.37. The smallest absolute Gasteiger partial charge is 0.411 e. The van der Waals surface area contributed by atoms with Crippen molar-refractivity contribution in [3.8, 4) is 11.3 Å². The van der Waals surface area contributed by atoms with E-state index in [4.69, 9.17) is 32.9 Å². The number of aromatic nitrogens is 1. The normalized spacial score (nSPS) is 16.7. The Morgan fingerprint density at radius 1 is 0.980 bits per heavy atom. The fraction of sp³-hybridized carbons (Fsp3) is 0.368. The second-order valence-electron chi connectivity index (χ2n) is 13.8. The van der Waals surface area contributed by atoms with Gasteiger partial charge in [0.1, 0.15) is 11.6 Å². The molecule has 0 radical (unpaired) electrons. The lowest BCUT2D eigenvalue weighted by Crippen LogP contribution is -2.52. The summed E-state index contributed by atoms with van der Waals surface area (Å²) in [5, 5.41) is 9.28. The summed E-state index contributed by atoms with van der Waals surface area (Å²) in [4.78, 5) is 48.3. The molecule has 268 valence electrons. The van der Waals surface area contributed by atoms with Crippen LogP contribution < -0.4 is 10.6 Å². The topological polar surface area (TPSA) is 104 Å². The number of fused-ring (bicyclic) bond motifs is 1. The summed E-state index contributed by atoms with van der Waals surface area (Å²) in [6.07, 6.45) is 1.65. The van der Waals surface area contributed by atoms with Crippen LogP contribution in [0.15, 0.2) is 76.4 Å². The molecule has 3 heterocycles. The number of amides is 3. The Kier molecular flexibility index (Phi) is 11.9. The molecule has 6 rings (SSSR count). The van der Waals surface area contributed by atoms with Gasteiger partial charge in [0.25, 0.3) is 0 Å². The summed E-state index contributed by atoms with van der Waals surface area (Å²) in [5.74, 6) is -0.00841. The van der Waals surface area contributed by atoms with Crippen molar-refractivity contribution in [2.24, 2.45) is 0 Å². The van der Waals surface area contributed by atoms with Crippen LogP contribution in [0.4, 0.5) is 10.5 Å². The molecular formula is C38H41Cl2N5O4S2. The molecule has 2 aliphatic heterocycles. The zero-order chi connectivity index (χ0) is 36.1. The van der Waals surface area contributed by atoms with E-state index in [1.54, 1.807) is 0 Å². The van der Waals surface area contributed by atoms with Gasteiger partial charge in [0, 0.05) is 48.7 Å². The Morgan fingerprint density at radius 2 is 1.75 bits per heavy atom. The zero-order valence-corrected chi connectivity index (χ0v) is 31.9. The summed E-state index contributed by atoms with van der Waals surface area (Å²) in [6, 6.07) is 20.5. The molecule has 1 atom stereocenters. The minimum absolute atomic E-state index is 0.00449. The van der Waals surface area contributed by atoms with Gasteiger partial charge in [-0.15, -0.1) is 11.3 Å². The fourth-order valence-electron chi connectivity index (χ4n) is 6.24. The number of rotatable bonds is 9. The van der Waals surface area contributed by atoms with Crippen LogP contribution in [0.3, 0.4) is 0 Å². The first-order valence-corrected chi connectivity index (χ1v) is 19.5. The second kappa shape index (κ2) is 16.4. The van der Waals surface area contributed by atoms with Gasteiger partial charge in [-0.3, -0.25) is 19.4 Å². The lowest BCUT2D eigenvalue weighted by molar-refractivity contribution is -0.122. The van der Waals surface area contributed by atoms with Gasteiger partial charge in [-0.25, -0.2) is 9.78 Å². The molecule has 2 aliphatic rings. The van der Waals surface area contributed by atoms with Gasteiger partial charge in [0.2, 0.25) is 11.8 Å². The average Bonchev–Trinajstić information content (AvgIpc) is 3.58. The van der Waals surface area contributed by atoms with Gasteiger partial charge in [-0.1, -0.05) is 77.4 Å². The number of anilines is 1. The number of hydrogen-bond donors (Lipinski definition) is 2. The van der Waals surface area contributed by atoms with Gasteiger partial charge < -0.3 is 15.4 Å². The predicted octanol–water partition coefficient (Wildman–Crippen LogP) is 8.29. The summed E-state index contributed by atoms with van der Waals surface area (Å²) < 4.78 is 6.46. The molecule has 1 saturated heterocycles. The lowest BCUT2D eigenvalue weighted by atomic mass is 9.93. The number of carbonyl (C=O) groups is 3. The second-order valence-corrected chi connectivity index (χ2v) is 16.7. The highest BCUT2D eigenvalue weighted by Crippen LogP contribution is 2.31. The third-order valence-corrected chi connectivity index (χ3v) is 11.5. The molecular weight excluding hydrogens is 725 g/mol. The quantitative estimate of drug-likeness (QED) is 0.165. The minimum Gasteiger partial charge on any atom is -0.444 e. The first kappa shape index (κ1) is 37.2. The van der Waals surface area contributed by atoms with Crippen molar-refractivity contribution < 1.29 is 19.1 Å². The number of thioether (sulfide) groups is 1. The molecule has 3 aromatic carbocycles.